The number of allylic oxidation sites excluding steroid dienone is 1. The molecule has 3 heterocycles. The fourth-order valence-electron chi connectivity index (χ4n) is 5.46. The molecule has 5 nitrogen and oxygen atoms in total. The van der Waals surface area contributed by atoms with Gasteiger partial charge in [0.15, 0.2) is 0 Å². The maximum Gasteiger partial charge on any atom is 0.262 e. The summed E-state index contributed by atoms with van der Waals surface area (Å²) in [5.74, 6) is 0. The number of nitrogens with one attached hydrogen (secondary N) is 1. The van der Waals surface area contributed by atoms with E-state index in [1.807, 2.05) is 24.4 Å². The second-order valence-electron chi connectivity index (χ2n) is 9.65. The molecular weight excluding hydrogens is 440 g/mol. The van der Waals surface area contributed by atoms with E-state index in [0.29, 0.717) is 12.6 Å². The quantitative estimate of drug-likeness (QED) is 0.384. The van der Waals surface area contributed by atoms with Gasteiger partial charge in [-0.05, 0) is 81.2 Å². The van der Waals surface area contributed by atoms with E-state index in [1.165, 1.54) is 42.5 Å². The third kappa shape index (κ3) is 4.32. The zero-order valence-corrected chi connectivity index (χ0v) is 20.2. The second-order valence-corrected chi connectivity index (χ2v) is 10.7. The summed E-state index contributed by atoms with van der Waals surface area (Å²) in [6, 6.07) is 10.7. The van der Waals surface area contributed by atoms with Gasteiger partial charge >= 0.3 is 0 Å². The van der Waals surface area contributed by atoms with E-state index in [4.69, 9.17) is 0 Å². The molecule has 0 spiro atoms. The van der Waals surface area contributed by atoms with Gasteiger partial charge in [0.05, 0.1) is 23.8 Å². The highest BCUT2D eigenvalue weighted by atomic mass is 32.1. The summed E-state index contributed by atoms with van der Waals surface area (Å²) in [6.07, 6.45) is 15.5. The molecule has 0 fully saturated rings. The van der Waals surface area contributed by atoms with Crippen LogP contribution in [-0.4, -0.2) is 27.1 Å². The van der Waals surface area contributed by atoms with Crippen molar-refractivity contribution in [3.8, 4) is 0 Å². The summed E-state index contributed by atoms with van der Waals surface area (Å²) < 4.78 is 1.74. The largest absolute Gasteiger partial charge is 0.313 e. The molecule has 0 bridgehead atoms. The Balaban J connectivity index is 1.19. The van der Waals surface area contributed by atoms with Gasteiger partial charge in [-0.15, -0.1) is 11.3 Å². The highest BCUT2D eigenvalue weighted by Crippen LogP contribution is 2.34. The number of hydrogen-bond acceptors (Lipinski definition) is 5. The van der Waals surface area contributed by atoms with Gasteiger partial charge in [0.2, 0.25) is 0 Å². The van der Waals surface area contributed by atoms with Gasteiger partial charge < -0.3 is 5.32 Å². The van der Waals surface area contributed by atoms with Gasteiger partial charge in [-0.1, -0.05) is 29.8 Å². The van der Waals surface area contributed by atoms with E-state index in [-0.39, 0.29) is 5.56 Å². The van der Waals surface area contributed by atoms with Gasteiger partial charge in [-0.2, -0.15) is 0 Å². The molecule has 1 aromatic carbocycles. The summed E-state index contributed by atoms with van der Waals surface area (Å²) >= 11 is 1.71. The molecule has 2 aliphatic rings. The van der Waals surface area contributed by atoms with Crippen molar-refractivity contribution in [3.63, 3.8) is 0 Å². The first-order chi connectivity index (χ1) is 16.7. The Hall–Kier alpha value is -2.83. The van der Waals surface area contributed by atoms with Crippen LogP contribution < -0.4 is 10.9 Å². The van der Waals surface area contributed by atoms with Crippen LogP contribution in [-0.2, 0) is 19.4 Å². The van der Waals surface area contributed by atoms with E-state index >= 15 is 0 Å². The van der Waals surface area contributed by atoms with Crippen molar-refractivity contribution in [1.82, 2.24) is 19.9 Å². The van der Waals surface area contributed by atoms with Crippen LogP contribution in [0.2, 0.25) is 0 Å². The van der Waals surface area contributed by atoms with E-state index < -0.39 is 0 Å². The molecule has 0 radical (unpaired) electrons. The Morgan fingerprint density at radius 2 is 2.09 bits per heavy atom. The van der Waals surface area contributed by atoms with Crippen LogP contribution >= 0.6 is 11.3 Å². The fraction of sp³-hybridized carbons (Fsp3) is 0.393. The van der Waals surface area contributed by atoms with Crippen LogP contribution in [0.4, 0.5) is 0 Å². The van der Waals surface area contributed by atoms with Crippen LogP contribution in [0.5, 0.6) is 0 Å². The molecule has 1 atom stereocenters. The van der Waals surface area contributed by atoms with Crippen LogP contribution in [0, 0.1) is 0 Å². The van der Waals surface area contributed by atoms with E-state index in [2.05, 4.69) is 33.5 Å². The molecule has 0 saturated carbocycles. The van der Waals surface area contributed by atoms with Crippen LogP contribution in [0.1, 0.15) is 54.5 Å². The lowest BCUT2D eigenvalue weighted by molar-refractivity contribution is 0.463. The molecule has 0 aliphatic heterocycles. The second kappa shape index (κ2) is 9.43. The van der Waals surface area contributed by atoms with Gasteiger partial charge in [0.1, 0.15) is 4.83 Å². The Bertz CT molecular complexity index is 1430. The topological polar surface area (TPSA) is 59.8 Å². The predicted molar refractivity (Wildman–Crippen MR) is 140 cm³/mol. The van der Waals surface area contributed by atoms with E-state index in [9.17, 15) is 4.79 Å². The van der Waals surface area contributed by atoms with Gasteiger partial charge in [0.25, 0.3) is 5.56 Å². The minimum absolute atomic E-state index is 0.0753. The Labute approximate surface area is 203 Å². The standard InChI is InChI=1S/C28H30N4OS/c33-28-26-23-11-10-22(29-13-12-19-6-2-1-3-7-19)15-25(23)34-27(26)31-18-32(28)17-20-14-21-8-4-5-9-24(21)30-16-20/h4-6,8-9,14,16,18,22,29H,1-3,7,10-13,15,17H2. The predicted octanol–water partition coefficient (Wildman–Crippen LogP) is 5.39. The first-order valence-electron chi connectivity index (χ1n) is 12.5. The number of aryl methyl sites for hydroxylation is 1. The van der Waals surface area contributed by atoms with Crippen LogP contribution in [0.25, 0.3) is 21.1 Å². The smallest absolute Gasteiger partial charge is 0.262 e. The highest BCUT2D eigenvalue weighted by molar-refractivity contribution is 7.18. The molecule has 34 heavy (non-hydrogen) atoms. The Morgan fingerprint density at radius 3 is 3.00 bits per heavy atom. The Morgan fingerprint density at radius 1 is 1.15 bits per heavy atom. The number of benzene rings is 1. The first-order valence-corrected chi connectivity index (χ1v) is 13.3. The third-order valence-electron chi connectivity index (χ3n) is 7.30. The fourth-order valence-corrected chi connectivity index (χ4v) is 6.71. The maximum absolute atomic E-state index is 13.4. The number of aromatic nitrogens is 3. The van der Waals surface area contributed by atoms with Crippen LogP contribution in [0.15, 0.2) is 59.3 Å². The molecule has 1 unspecified atom stereocenters. The van der Waals surface area contributed by atoms with Crippen molar-refractivity contribution in [2.24, 2.45) is 0 Å². The van der Waals surface area contributed by atoms with E-state index in [1.54, 1.807) is 27.8 Å². The minimum atomic E-state index is 0.0753. The SMILES string of the molecule is O=c1c2c3c(sc2ncn1Cc1cnc2ccccc2c1)CC(NCCC1=CCCCC1)CC3. The number of para-hydroxylation sites is 1. The van der Waals surface area contributed by atoms with Crippen molar-refractivity contribution >= 4 is 32.5 Å². The molecule has 1 N–H and O–H groups in total. The molecule has 0 amide bonds. The molecule has 174 valence electrons. The first kappa shape index (κ1) is 21.7. The third-order valence-corrected chi connectivity index (χ3v) is 8.46. The average molecular weight is 471 g/mol. The molecule has 6 rings (SSSR count). The summed E-state index contributed by atoms with van der Waals surface area (Å²) in [6.45, 7) is 1.55. The average Bonchev–Trinajstić information content (AvgIpc) is 3.25. The number of thiophene rings is 1. The molecule has 3 aromatic heterocycles. The lowest BCUT2D eigenvalue weighted by Gasteiger charge is -2.24. The molecule has 0 saturated heterocycles. The van der Waals surface area contributed by atoms with Gasteiger partial charge in [-0.25, -0.2) is 4.98 Å². The van der Waals surface area contributed by atoms with Crippen molar-refractivity contribution in [3.05, 3.63) is 80.9 Å². The molecule has 4 aromatic rings. The summed E-state index contributed by atoms with van der Waals surface area (Å²) in [4.78, 5) is 24.9. The zero-order chi connectivity index (χ0) is 22.9. The number of pyridine rings is 1. The zero-order valence-electron chi connectivity index (χ0n) is 19.4. The minimum Gasteiger partial charge on any atom is -0.313 e. The van der Waals surface area contributed by atoms with E-state index in [0.717, 1.165) is 52.5 Å². The summed E-state index contributed by atoms with van der Waals surface area (Å²) in [5, 5.41) is 5.71. The molecule has 2 aliphatic carbocycles. The monoisotopic (exact) mass is 470 g/mol. The number of hydrogen-bond donors (Lipinski definition) is 1. The maximum atomic E-state index is 13.4. The summed E-state index contributed by atoms with van der Waals surface area (Å²) in [7, 11) is 0. The van der Waals surface area contributed by atoms with Crippen molar-refractivity contribution in [2.75, 3.05) is 6.54 Å². The lowest BCUT2D eigenvalue weighted by atomic mass is 9.92. The molecule has 6 heteroatoms. The van der Waals surface area contributed by atoms with Gasteiger partial charge in [-0.3, -0.25) is 14.3 Å². The number of nitrogens with zero attached hydrogens (tertiary/aromatic N) is 3. The van der Waals surface area contributed by atoms with Crippen LogP contribution in [0.3, 0.4) is 0 Å². The van der Waals surface area contributed by atoms with Crippen molar-refractivity contribution in [1.29, 1.82) is 0 Å². The number of rotatable bonds is 6. The lowest BCUT2D eigenvalue weighted by Crippen LogP contribution is -2.35. The van der Waals surface area contributed by atoms with Crippen molar-refractivity contribution in [2.45, 2.75) is 64.0 Å². The van der Waals surface area contributed by atoms with Gasteiger partial charge in [0, 0.05) is 22.5 Å². The summed E-state index contributed by atoms with van der Waals surface area (Å²) in [5.41, 5.74) is 4.92. The highest BCUT2D eigenvalue weighted by Gasteiger charge is 2.25. The number of fused-ring (bicyclic) bond motifs is 4. The normalized spacial score (nSPS) is 18.2. The molecular formula is C28H30N4OS. The Kier molecular flexibility index (Phi) is 6.02. The van der Waals surface area contributed by atoms with Crippen molar-refractivity contribution < 1.29 is 0 Å².